The molecular formula is C22H22BrFN2O. The molecule has 3 aromatic rings. The van der Waals surface area contributed by atoms with Crippen molar-refractivity contribution < 1.29 is 9.13 Å². The summed E-state index contributed by atoms with van der Waals surface area (Å²) in [5.74, 6) is 0.532. The molecule has 2 atom stereocenters. The van der Waals surface area contributed by atoms with Crippen LogP contribution in [-0.2, 0) is 6.42 Å². The van der Waals surface area contributed by atoms with Crippen molar-refractivity contribution in [1.82, 2.24) is 0 Å². The van der Waals surface area contributed by atoms with Crippen molar-refractivity contribution in [1.29, 1.82) is 0 Å². The van der Waals surface area contributed by atoms with Gasteiger partial charge in [0, 0.05) is 16.2 Å². The lowest BCUT2D eigenvalue weighted by molar-refractivity contribution is 0.415. The van der Waals surface area contributed by atoms with E-state index in [1.165, 1.54) is 12.1 Å². The van der Waals surface area contributed by atoms with Crippen LogP contribution in [0, 0.1) is 5.82 Å². The van der Waals surface area contributed by atoms with Crippen molar-refractivity contribution in [2.75, 3.05) is 12.4 Å². The first-order valence-corrected chi connectivity index (χ1v) is 9.51. The zero-order valence-electron chi connectivity index (χ0n) is 15.0. The van der Waals surface area contributed by atoms with Crippen molar-refractivity contribution in [2.24, 2.45) is 5.73 Å². The molecule has 3 N–H and O–H groups in total. The van der Waals surface area contributed by atoms with Gasteiger partial charge in [0.1, 0.15) is 11.6 Å². The number of hydrogen-bond donors (Lipinski definition) is 2. The molecule has 0 radical (unpaired) electrons. The monoisotopic (exact) mass is 428 g/mol. The van der Waals surface area contributed by atoms with Crippen molar-refractivity contribution in [3.63, 3.8) is 0 Å². The van der Waals surface area contributed by atoms with Gasteiger partial charge in [-0.3, -0.25) is 0 Å². The maximum Gasteiger partial charge on any atom is 0.123 e. The summed E-state index contributed by atoms with van der Waals surface area (Å²) in [7, 11) is 1.64. The van der Waals surface area contributed by atoms with E-state index < -0.39 is 0 Å². The maximum absolute atomic E-state index is 13.7. The van der Waals surface area contributed by atoms with E-state index in [1.807, 2.05) is 54.6 Å². The first-order valence-electron chi connectivity index (χ1n) is 8.72. The largest absolute Gasteiger partial charge is 0.497 e. The highest BCUT2D eigenvalue weighted by Crippen LogP contribution is 2.27. The van der Waals surface area contributed by atoms with Gasteiger partial charge in [-0.1, -0.05) is 46.3 Å². The summed E-state index contributed by atoms with van der Waals surface area (Å²) in [5.41, 5.74) is 9.44. The Morgan fingerprint density at radius 3 is 2.41 bits per heavy atom. The van der Waals surface area contributed by atoms with Crippen molar-refractivity contribution in [3.05, 3.63) is 94.2 Å². The number of methoxy groups -OCH3 is 1. The minimum Gasteiger partial charge on any atom is -0.497 e. The normalized spacial score (nSPS) is 13.0. The van der Waals surface area contributed by atoms with Crippen LogP contribution < -0.4 is 15.8 Å². The number of nitrogens with two attached hydrogens (primary N) is 1. The molecule has 0 saturated carbocycles. The van der Waals surface area contributed by atoms with Gasteiger partial charge >= 0.3 is 0 Å². The quantitative estimate of drug-likeness (QED) is 0.535. The van der Waals surface area contributed by atoms with E-state index in [-0.39, 0.29) is 17.9 Å². The Kier molecular flexibility index (Phi) is 6.48. The van der Waals surface area contributed by atoms with Crippen LogP contribution in [0.2, 0.25) is 0 Å². The summed E-state index contributed by atoms with van der Waals surface area (Å²) >= 11 is 3.49. The predicted octanol–water partition coefficient (Wildman–Crippen LogP) is 5.32. The lowest BCUT2D eigenvalue weighted by Gasteiger charge is -2.27. The molecule has 0 aliphatic carbocycles. The predicted molar refractivity (Wildman–Crippen MR) is 112 cm³/mol. The molecule has 3 nitrogen and oxygen atoms in total. The van der Waals surface area contributed by atoms with E-state index in [0.717, 1.165) is 27.0 Å². The van der Waals surface area contributed by atoms with Crippen LogP contribution in [0.3, 0.4) is 0 Å². The molecule has 0 unspecified atom stereocenters. The van der Waals surface area contributed by atoms with Gasteiger partial charge in [0.2, 0.25) is 0 Å². The van der Waals surface area contributed by atoms with E-state index in [1.54, 1.807) is 13.2 Å². The number of ether oxygens (including phenoxy) is 1. The fourth-order valence-corrected chi connectivity index (χ4v) is 3.44. The first kappa shape index (κ1) is 19.4. The molecule has 3 rings (SSSR count). The third-order valence-electron chi connectivity index (χ3n) is 4.46. The highest BCUT2D eigenvalue weighted by Gasteiger charge is 2.21. The molecule has 27 heavy (non-hydrogen) atoms. The average Bonchev–Trinajstić information content (AvgIpc) is 2.70. The second-order valence-electron chi connectivity index (χ2n) is 6.36. The van der Waals surface area contributed by atoms with Gasteiger partial charge in [-0.15, -0.1) is 0 Å². The summed E-state index contributed by atoms with van der Waals surface area (Å²) in [6.45, 7) is 0. The number of halogens is 2. The molecule has 0 saturated heterocycles. The molecule has 0 spiro atoms. The van der Waals surface area contributed by atoms with Crippen molar-refractivity contribution in [3.8, 4) is 5.75 Å². The second-order valence-corrected chi connectivity index (χ2v) is 7.22. The number of hydrogen-bond acceptors (Lipinski definition) is 3. The fraction of sp³-hybridized carbons (Fsp3) is 0.182. The van der Waals surface area contributed by atoms with Crippen molar-refractivity contribution >= 4 is 21.6 Å². The Morgan fingerprint density at radius 2 is 1.74 bits per heavy atom. The Labute approximate surface area is 167 Å². The second kappa shape index (κ2) is 9.02. The van der Waals surface area contributed by atoms with Crippen LogP contribution in [0.15, 0.2) is 77.3 Å². The molecule has 0 bridgehead atoms. The third-order valence-corrected chi connectivity index (χ3v) is 5.24. The lowest BCUT2D eigenvalue weighted by Crippen LogP contribution is -2.35. The number of rotatable bonds is 7. The minimum absolute atomic E-state index is 0.130. The lowest BCUT2D eigenvalue weighted by atomic mass is 9.94. The Bertz CT molecular complexity index is 871. The molecule has 5 heteroatoms. The van der Waals surface area contributed by atoms with Gasteiger partial charge in [-0.05, 0) is 60.0 Å². The molecule has 0 aromatic heterocycles. The van der Waals surface area contributed by atoms with Crippen LogP contribution in [0.1, 0.15) is 17.2 Å². The molecular weight excluding hydrogens is 407 g/mol. The number of benzene rings is 3. The number of anilines is 1. The molecule has 0 amide bonds. The van der Waals surface area contributed by atoms with E-state index >= 15 is 0 Å². The first-order chi connectivity index (χ1) is 13.1. The zero-order valence-corrected chi connectivity index (χ0v) is 16.6. The van der Waals surface area contributed by atoms with Gasteiger partial charge < -0.3 is 15.8 Å². The SMILES string of the molecule is COc1ccc(N[C@H](c2ccccc2)[C@@H](N)Cc2cc(F)ccc2Br)cc1. The fourth-order valence-electron chi connectivity index (χ4n) is 3.04. The summed E-state index contributed by atoms with van der Waals surface area (Å²) in [6.07, 6.45) is 0.529. The zero-order chi connectivity index (χ0) is 19.2. The van der Waals surface area contributed by atoms with Gasteiger partial charge in [-0.25, -0.2) is 4.39 Å². The van der Waals surface area contributed by atoms with Gasteiger partial charge in [0.05, 0.1) is 13.2 Å². The third kappa shape index (κ3) is 5.08. The standard InChI is InChI=1S/C22H22BrFN2O/c1-27-19-10-8-18(9-11-19)26-22(15-5-3-2-4-6-15)21(25)14-16-13-17(24)7-12-20(16)23/h2-13,21-22,26H,14,25H2,1H3/t21-,22+/m0/s1. The Morgan fingerprint density at radius 1 is 1.04 bits per heavy atom. The molecule has 3 aromatic carbocycles. The van der Waals surface area contributed by atoms with Crippen LogP contribution in [0.4, 0.5) is 10.1 Å². The maximum atomic E-state index is 13.7. The van der Waals surface area contributed by atoms with E-state index in [2.05, 4.69) is 21.2 Å². The van der Waals surface area contributed by atoms with Gasteiger partial charge in [0.15, 0.2) is 0 Å². The Balaban J connectivity index is 1.85. The van der Waals surface area contributed by atoms with E-state index in [0.29, 0.717) is 6.42 Å². The topological polar surface area (TPSA) is 47.3 Å². The summed E-state index contributed by atoms with van der Waals surface area (Å²) in [6, 6.07) is 22.0. The van der Waals surface area contributed by atoms with Gasteiger partial charge in [0.25, 0.3) is 0 Å². The smallest absolute Gasteiger partial charge is 0.123 e. The molecule has 0 aliphatic heterocycles. The molecule has 0 fully saturated rings. The molecule has 140 valence electrons. The number of nitrogens with one attached hydrogen (secondary N) is 1. The average molecular weight is 429 g/mol. The van der Waals surface area contributed by atoms with Gasteiger partial charge in [-0.2, -0.15) is 0 Å². The summed E-state index contributed by atoms with van der Waals surface area (Å²) < 4.78 is 19.7. The van der Waals surface area contributed by atoms with E-state index in [9.17, 15) is 4.39 Å². The van der Waals surface area contributed by atoms with Crippen LogP contribution in [-0.4, -0.2) is 13.2 Å². The van der Waals surface area contributed by atoms with Crippen LogP contribution >= 0.6 is 15.9 Å². The molecule has 0 heterocycles. The van der Waals surface area contributed by atoms with Crippen LogP contribution in [0.5, 0.6) is 5.75 Å². The van der Waals surface area contributed by atoms with Crippen molar-refractivity contribution in [2.45, 2.75) is 18.5 Å². The Hall–Kier alpha value is -2.37. The highest BCUT2D eigenvalue weighted by atomic mass is 79.9. The summed E-state index contributed by atoms with van der Waals surface area (Å²) in [4.78, 5) is 0. The molecule has 0 aliphatic rings. The van der Waals surface area contributed by atoms with E-state index in [4.69, 9.17) is 10.5 Å². The highest BCUT2D eigenvalue weighted by molar-refractivity contribution is 9.10. The minimum atomic E-state index is -0.264. The van der Waals surface area contributed by atoms with Crippen LogP contribution in [0.25, 0.3) is 0 Å². The summed E-state index contributed by atoms with van der Waals surface area (Å²) in [5, 5.41) is 3.51.